The van der Waals surface area contributed by atoms with Gasteiger partial charge in [0.05, 0.1) is 18.6 Å². The minimum atomic E-state index is -0.243. The molecule has 0 unspecified atom stereocenters. The van der Waals surface area contributed by atoms with Crippen molar-refractivity contribution >= 4 is 0 Å². The maximum Gasteiger partial charge on any atom is 0.123 e. The molecule has 0 aromatic heterocycles. The van der Waals surface area contributed by atoms with Crippen LogP contribution in [0.1, 0.15) is 30.4 Å². The molecule has 0 amide bonds. The second kappa shape index (κ2) is 4.99. The number of methoxy groups -OCH3 is 1. The predicted octanol–water partition coefficient (Wildman–Crippen LogP) is 2.70. The lowest BCUT2D eigenvalue weighted by atomic mass is 9.65. The van der Waals surface area contributed by atoms with Crippen molar-refractivity contribution in [3.05, 3.63) is 29.3 Å². The zero-order chi connectivity index (χ0) is 13.2. The van der Waals surface area contributed by atoms with E-state index in [0.29, 0.717) is 0 Å². The molecule has 1 fully saturated rings. The van der Waals surface area contributed by atoms with Crippen LogP contribution in [0.25, 0.3) is 0 Å². The van der Waals surface area contributed by atoms with Crippen molar-refractivity contribution in [2.24, 2.45) is 0 Å². The van der Waals surface area contributed by atoms with Gasteiger partial charge in [0.1, 0.15) is 5.75 Å². The van der Waals surface area contributed by atoms with Crippen LogP contribution >= 0.6 is 0 Å². The molecule has 0 heterocycles. The highest BCUT2D eigenvalue weighted by molar-refractivity contribution is 5.44. The fourth-order valence-electron chi connectivity index (χ4n) is 2.54. The lowest BCUT2D eigenvalue weighted by Crippen LogP contribution is -2.32. The molecule has 3 nitrogen and oxygen atoms in total. The van der Waals surface area contributed by atoms with Gasteiger partial charge < -0.3 is 9.64 Å². The fraction of sp³-hybridized carbons (Fsp3) is 0.533. The van der Waals surface area contributed by atoms with E-state index in [1.165, 1.54) is 0 Å². The number of ether oxygens (including phenoxy) is 1. The molecule has 0 spiro atoms. The van der Waals surface area contributed by atoms with Crippen molar-refractivity contribution in [3.8, 4) is 11.8 Å². The van der Waals surface area contributed by atoms with Crippen LogP contribution in [0.2, 0.25) is 0 Å². The van der Waals surface area contributed by atoms with Gasteiger partial charge in [-0.15, -0.1) is 0 Å². The van der Waals surface area contributed by atoms with E-state index in [9.17, 15) is 5.26 Å². The standard InChI is InChI=1S/C15H20N2O/c1-17(2)10-12-9-13(5-6-14(12)18-3)15(11-16)7-4-8-15/h5-6,9H,4,7-8,10H2,1-3H3. The van der Waals surface area contributed by atoms with E-state index in [2.05, 4.69) is 17.0 Å². The van der Waals surface area contributed by atoms with Crippen LogP contribution in [-0.2, 0) is 12.0 Å². The summed E-state index contributed by atoms with van der Waals surface area (Å²) in [6, 6.07) is 8.67. The molecule has 18 heavy (non-hydrogen) atoms. The Bertz CT molecular complexity index is 470. The highest BCUT2D eigenvalue weighted by Gasteiger charge is 2.39. The first-order valence-corrected chi connectivity index (χ1v) is 6.35. The Morgan fingerprint density at radius 2 is 2.11 bits per heavy atom. The third-order valence-corrected chi connectivity index (χ3v) is 3.74. The molecule has 0 bridgehead atoms. The van der Waals surface area contributed by atoms with Crippen molar-refractivity contribution in [2.45, 2.75) is 31.2 Å². The second-order valence-electron chi connectivity index (χ2n) is 5.31. The molecule has 96 valence electrons. The molecule has 3 heteroatoms. The summed E-state index contributed by atoms with van der Waals surface area (Å²) in [4.78, 5) is 2.11. The summed E-state index contributed by atoms with van der Waals surface area (Å²) in [5, 5.41) is 9.40. The Morgan fingerprint density at radius 3 is 2.56 bits per heavy atom. The van der Waals surface area contributed by atoms with Gasteiger partial charge in [-0.2, -0.15) is 5.26 Å². The van der Waals surface area contributed by atoms with E-state index in [4.69, 9.17) is 4.74 Å². The minimum Gasteiger partial charge on any atom is -0.496 e. The lowest BCUT2D eigenvalue weighted by molar-refractivity contribution is 0.321. The summed E-state index contributed by atoms with van der Waals surface area (Å²) < 4.78 is 5.39. The van der Waals surface area contributed by atoms with E-state index in [1.807, 2.05) is 26.2 Å². The highest BCUT2D eigenvalue weighted by Crippen LogP contribution is 2.44. The average Bonchev–Trinajstić information content (AvgIpc) is 2.28. The van der Waals surface area contributed by atoms with Crippen LogP contribution < -0.4 is 4.74 Å². The summed E-state index contributed by atoms with van der Waals surface area (Å²) in [5.41, 5.74) is 2.06. The SMILES string of the molecule is COc1ccc(C2(C#N)CCC2)cc1CN(C)C. The van der Waals surface area contributed by atoms with Gasteiger partial charge in [-0.25, -0.2) is 0 Å². The van der Waals surface area contributed by atoms with Gasteiger partial charge >= 0.3 is 0 Å². The van der Waals surface area contributed by atoms with Crippen LogP contribution in [0.4, 0.5) is 0 Å². The smallest absolute Gasteiger partial charge is 0.123 e. The highest BCUT2D eigenvalue weighted by atomic mass is 16.5. The van der Waals surface area contributed by atoms with Crippen LogP contribution in [0.3, 0.4) is 0 Å². The summed E-state index contributed by atoms with van der Waals surface area (Å²) in [6.07, 6.45) is 3.12. The average molecular weight is 244 g/mol. The van der Waals surface area contributed by atoms with Gasteiger partial charge in [0, 0.05) is 12.1 Å². The van der Waals surface area contributed by atoms with Crippen LogP contribution in [0, 0.1) is 11.3 Å². The summed E-state index contributed by atoms with van der Waals surface area (Å²) in [6.45, 7) is 0.832. The van der Waals surface area contributed by atoms with Crippen molar-refractivity contribution < 1.29 is 4.74 Å². The van der Waals surface area contributed by atoms with Gasteiger partial charge in [0.25, 0.3) is 0 Å². The molecule has 0 N–H and O–H groups in total. The number of hydrogen-bond donors (Lipinski definition) is 0. The minimum absolute atomic E-state index is 0.243. The van der Waals surface area contributed by atoms with Crippen molar-refractivity contribution in [2.75, 3.05) is 21.2 Å². The van der Waals surface area contributed by atoms with Gasteiger partial charge in [-0.05, 0) is 51.1 Å². The van der Waals surface area contributed by atoms with E-state index < -0.39 is 0 Å². The monoisotopic (exact) mass is 244 g/mol. The molecule has 0 aliphatic heterocycles. The van der Waals surface area contributed by atoms with E-state index in [-0.39, 0.29) is 5.41 Å². The van der Waals surface area contributed by atoms with Crippen molar-refractivity contribution in [1.29, 1.82) is 5.26 Å². The Labute approximate surface area is 109 Å². The normalized spacial score (nSPS) is 17.1. The Balaban J connectivity index is 2.36. The van der Waals surface area contributed by atoms with E-state index in [1.54, 1.807) is 7.11 Å². The van der Waals surface area contributed by atoms with Gasteiger partial charge in [0.2, 0.25) is 0 Å². The molecule has 0 saturated heterocycles. The largest absolute Gasteiger partial charge is 0.496 e. The first-order chi connectivity index (χ1) is 8.61. The topological polar surface area (TPSA) is 36.3 Å². The fourth-order valence-corrected chi connectivity index (χ4v) is 2.54. The lowest BCUT2D eigenvalue weighted by Gasteiger charge is -2.36. The summed E-state index contributed by atoms with van der Waals surface area (Å²) >= 11 is 0. The first kappa shape index (κ1) is 12.9. The van der Waals surface area contributed by atoms with Crippen molar-refractivity contribution in [3.63, 3.8) is 0 Å². The zero-order valence-electron chi connectivity index (χ0n) is 11.4. The van der Waals surface area contributed by atoms with Crippen molar-refractivity contribution in [1.82, 2.24) is 4.90 Å². The molecule has 0 radical (unpaired) electrons. The van der Waals surface area contributed by atoms with Crippen LogP contribution in [-0.4, -0.2) is 26.1 Å². The van der Waals surface area contributed by atoms with Gasteiger partial charge in [0.15, 0.2) is 0 Å². The van der Waals surface area contributed by atoms with Crippen LogP contribution in [0.15, 0.2) is 18.2 Å². The summed E-state index contributed by atoms with van der Waals surface area (Å²) in [7, 11) is 5.77. The molecule has 1 aliphatic rings. The Hall–Kier alpha value is -1.53. The number of nitriles is 1. The third kappa shape index (κ3) is 2.21. The molecule has 0 atom stereocenters. The number of benzene rings is 1. The number of rotatable bonds is 4. The number of hydrogen-bond acceptors (Lipinski definition) is 3. The maximum absolute atomic E-state index is 9.40. The quantitative estimate of drug-likeness (QED) is 0.817. The maximum atomic E-state index is 9.40. The summed E-state index contributed by atoms with van der Waals surface area (Å²) in [5.74, 6) is 0.903. The van der Waals surface area contributed by atoms with Crippen LogP contribution in [0.5, 0.6) is 5.75 Å². The Kier molecular flexibility index (Phi) is 3.58. The molecule has 1 aromatic rings. The first-order valence-electron chi connectivity index (χ1n) is 6.35. The number of nitrogens with zero attached hydrogens (tertiary/aromatic N) is 2. The molecular weight excluding hydrogens is 224 g/mol. The molecular formula is C15H20N2O. The predicted molar refractivity (Wildman–Crippen MR) is 71.5 cm³/mol. The third-order valence-electron chi connectivity index (χ3n) is 3.74. The van der Waals surface area contributed by atoms with E-state index in [0.717, 1.165) is 42.7 Å². The molecule has 2 rings (SSSR count). The van der Waals surface area contributed by atoms with E-state index >= 15 is 0 Å². The zero-order valence-corrected chi connectivity index (χ0v) is 11.4. The van der Waals surface area contributed by atoms with Gasteiger partial charge in [-0.1, -0.05) is 6.07 Å². The molecule has 1 aromatic carbocycles. The van der Waals surface area contributed by atoms with Gasteiger partial charge in [-0.3, -0.25) is 0 Å². The molecule has 1 saturated carbocycles. The molecule has 1 aliphatic carbocycles. The Morgan fingerprint density at radius 1 is 1.39 bits per heavy atom. The second-order valence-corrected chi connectivity index (χ2v) is 5.31.